The summed E-state index contributed by atoms with van der Waals surface area (Å²) in [7, 11) is 0. The van der Waals surface area contributed by atoms with Gasteiger partial charge in [-0.1, -0.05) is 61.2 Å². The molecular formula is C33H41N5O5. The number of rotatable bonds is 8. The van der Waals surface area contributed by atoms with E-state index in [1.54, 1.807) is 83.1 Å². The monoisotopic (exact) mass is 587 g/mol. The Hall–Kier alpha value is -4.70. The van der Waals surface area contributed by atoms with Gasteiger partial charge in [0.25, 0.3) is 5.91 Å². The van der Waals surface area contributed by atoms with Crippen molar-refractivity contribution >= 4 is 34.5 Å². The zero-order valence-corrected chi connectivity index (χ0v) is 25.9. The van der Waals surface area contributed by atoms with Crippen LogP contribution in [0.2, 0.25) is 0 Å². The topological polar surface area (TPSA) is 146 Å². The molecule has 0 atom stereocenters. The Bertz CT molecular complexity index is 1520. The van der Waals surface area contributed by atoms with Crippen molar-refractivity contribution < 1.29 is 24.0 Å². The van der Waals surface area contributed by atoms with Crippen molar-refractivity contribution in [1.82, 2.24) is 20.5 Å². The van der Waals surface area contributed by atoms with E-state index in [1.165, 1.54) is 0 Å². The van der Waals surface area contributed by atoms with Gasteiger partial charge < -0.3 is 15.9 Å². The molecule has 0 spiro atoms. The average molecular weight is 588 g/mol. The van der Waals surface area contributed by atoms with Crippen LogP contribution in [0.15, 0.2) is 78.9 Å². The molecule has 10 nitrogen and oxygen atoms in total. The van der Waals surface area contributed by atoms with Gasteiger partial charge in [-0.25, -0.2) is 4.79 Å². The average Bonchev–Trinajstić information content (AvgIpc) is 3.38. The third kappa shape index (κ3) is 10.6. The van der Waals surface area contributed by atoms with Crippen molar-refractivity contribution in [2.75, 3.05) is 0 Å². The number of hydrogen-bond donors (Lipinski definition) is 2. The van der Waals surface area contributed by atoms with Crippen molar-refractivity contribution in [3.63, 3.8) is 0 Å². The first-order chi connectivity index (χ1) is 20.2. The predicted molar refractivity (Wildman–Crippen MR) is 166 cm³/mol. The molecule has 43 heavy (non-hydrogen) atoms. The zero-order valence-electron chi connectivity index (χ0n) is 25.9. The number of nitrogens with one attached hydrogen (secondary N) is 1. The SMILES string of the molecule is CCC(=O)C(C)(C)N.CCC(=O)C(C)(C)NC(=O)c1ccccc1.Cc1ccc2c(c1)nnn2OC(=O)c1ccccc1. The number of fused-ring (bicyclic) bond motifs is 1. The Labute approximate surface area is 252 Å². The summed E-state index contributed by atoms with van der Waals surface area (Å²) >= 11 is 0. The van der Waals surface area contributed by atoms with Gasteiger partial charge in [0.05, 0.1) is 16.6 Å². The highest BCUT2D eigenvalue weighted by Gasteiger charge is 2.27. The molecule has 4 aromatic rings. The van der Waals surface area contributed by atoms with Gasteiger partial charge in [-0.15, -0.1) is 5.10 Å². The van der Waals surface area contributed by atoms with Crippen LogP contribution in [0.3, 0.4) is 0 Å². The van der Waals surface area contributed by atoms with E-state index < -0.39 is 17.0 Å². The predicted octanol–water partition coefficient (Wildman–Crippen LogP) is 4.89. The summed E-state index contributed by atoms with van der Waals surface area (Å²) in [5.74, 6) is -0.547. The minimum absolute atomic E-state index is 0.0248. The molecule has 1 aromatic heterocycles. The molecule has 0 saturated heterocycles. The molecule has 4 rings (SSSR count). The number of Topliss-reactive ketones (excluding diaryl/α,β-unsaturated/α-hetero) is 2. The number of ketones is 2. The molecule has 0 bridgehead atoms. The Balaban J connectivity index is 0.000000245. The molecule has 0 aliphatic carbocycles. The molecule has 228 valence electrons. The van der Waals surface area contributed by atoms with E-state index in [9.17, 15) is 19.2 Å². The number of aryl methyl sites for hydroxylation is 1. The van der Waals surface area contributed by atoms with Crippen LogP contribution >= 0.6 is 0 Å². The van der Waals surface area contributed by atoms with Crippen molar-refractivity contribution in [1.29, 1.82) is 0 Å². The summed E-state index contributed by atoms with van der Waals surface area (Å²) < 4.78 is 0. The maximum absolute atomic E-state index is 11.9. The van der Waals surface area contributed by atoms with Gasteiger partial charge in [-0.3, -0.25) is 14.4 Å². The smallest absolute Gasteiger partial charge is 0.340 e. The Morgan fingerprint density at radius 1 is 0.814 bits per heavy atom. The lowest BCUT2D eigenvalue weighted by Gasteiger charge is -2.24. The Kier molecular flexibility index (Phi) is 12.4. The molecule has 0 saturated carbocycles. The number of benzene rings is 3. The van der Waals surface area contributed by atoms with Gasteiger partial charge in [0.15, 0.2) is 11.6 Å². The van der Waals surface area contributed by atoms with Crippen LogP contribution in [0.4, 0.5) is 0 Å². The van der Waals surface area contributed by atoms with Crippen LogP contribution in [0, 0.1) is 6.92 Å². The molecule has 0 radical (unpaired) electrons. The number of nitrogens with two attached hydrogens (primary N) is 1. The highest BCUT2D eigenvalue weighted by atomic mass is 16.7. The summed E-state index contributed by atoms with van der Waals surface area (Å²) in [5.41, 5.74) is 7.48. The lowest BCUT2D eigenvalue weighted by molar-refractivity contribution is -0.124. The summed E-state index contributed by atoms with van der Waals surface area (Å²) in [4.78, 5) is 52.4. The zero-order chi connectivity index (χ0) is 32.2. The number of nitrogens with zero attached hydrogens (tertiary/aromatic N) is 3. The fourth-order valence-corrected chi connectivity index (χ4v) is 3.70. The summed E-state index contributed by atoms with van der Waals surface area (Å²) in [6.07, 6.45) is 0.950. The molecule has 1 heterocycles. The van der Waals surface area contributed by atoms with E-state index in [0.717, 1.165) is 10.4 Å². The molecule has 0 aliphatic rings. The number of aromatic nitrogens is 3. The summed E-state index contributed by atoms with van der Waals surface area (Å²) in [6.45, 7) is 12.5. The van der Waals surface area contributed by atoms with Gasteiger partial charge in [0.1, 0.15) is 11.0 Å². The second-order valence-corrected chi connectivity index (χ2v) is 10.9. The molecule has 3 N–H and O–H groups in total. The number of carbonyl (C=O) groups is 4. The summed E-state index contributed by atoms with van der Waals surface area (Å²) in [6, 6.07) is 23.3. The first-order valence-corrected chi connectivity index (χ1v) is 14.0. The van der Waals surface area contributed by atoms with E-state index in [0.29, 0.717) is 35.0 Å². The molecule has 10 heteroatoms. The van der Waals surface area contributed by atoms with Crippen LogP contribution in [-0.2, 0) is 9.59 Å². The van der Waals surface area contributed by atoms with Gasteiger partial charge in [0.2, 0.25) is 0 Å². The summed E-state index contributed by atoms with van der Waals surface area (Å²) in [5, 5.41) is 10.5. The first kappa shape index (κ1) is 34.5. The lowest BCUT2D eigenvalue weighted by atomic mass is 9.96. The quantitative estimate of drug-likeness (QED) is 0.277. The van der Waals surface area contributed by atoms with Crippen molar-refractivity contribution in [3.8, 4) is 0 Å². The fourth-order valence-electron chi connectivity index (χ4n) is 3.70. The third-order valence-electron chi connectivity index (χ3n) is 6.27. The highest BCUT2D eigenvalue weighted by Crippen LogP contribution is 2.12. The second kappa shape index (κ2) is 15.5. The van der Waals surface area contributed by atoms with Gasteiger partial charge in [-0.05, 0) is 81.8 Å². The van der Waals surface area contributed by atoms with E-state index >= 15 is 0 Å². The normalized spacial score (nSPS) is 10.9. The third-order valence-corrected chi connectivity index (χ3v) is 6.27. The van der Waals surface area contributed by atoms with Crippen LogP contribution in [0.5, 0.6) is 0 Å². The largest absolute Gasteiger partial charge is 0.365 e. The van der Waals surface area contributed by atoms with Crippen molar-refractivity contribution in [3.05, 3.63) is 95.6 Å². The maximum atomic E-state index is 11.9. The highest BCUT2D eigenvalue weighted by molar-refractivity contribution is 5.99. The van der Waals surface area contributed by atoms with Crippen LogP contribution in [0.1, 0.15) is 80.7 Å². The molecular weight excluding hydrogens is 546 g/mol. The molecule has 0 fully saturated rings. The van der Waals surface area contributed by atoms with E-state index in [-0.39, 0.29) is 17.5 Å². The van der Waals surface area contributed by atoms with Gasteiger partial charge in [0, 0.05) is 18.4 Å². The standard InChI is InChI=1S/C14H11N3O2.C13H17NO2.C6H13NO/c1-10-7-8-13-12(9-10)15-16-17(13)19-14(18)11-5-3-2-4-6-11;1-4-11(15)13(2,3)14-12(16)10-8-6-5-7-9-10;1-4-5(8)6(2,3)7/h2-9H,1H3;5-9H,4H2,1-3H3,(H,14,16);4,7H2,1-3H3. The fraction of sp³-hybridized carbons (Fsp3) is 0.333. The van der Waals surface area contributed by atoms with Gasteiger partial charge >= 0.3 is 5.97 Å². The number of hydrogen-bond acceptors (Lipinski definition) is 8. The van der Waals surface area contributed by atoms with Crippen molar-refractivity contribution in [2.24, 2.45) is 5.73 Å². The minimum Gasteiger partial charge on any atom is -0.340 e. The molecule has 3 aromatic carbocycles. The Morgan fingerprint density at radius 3 is 1.84 bits per heavy atom. The first-order valence-electron chi connectivity index (χ1n) is 14.0. The van der Waals surface area contributed by atoms with Crippen molar-refractivity contribution in [2.45, 2.75) is 72.4 Å². The maximum Gasteiger partial charge on any atom is 0.365 e. The molecule has 0 aliphatic heterocycles. The molecule has 0 unspecified atom stereocenters. The van der Waals surface area contributed by atoms with Gasteiger partial charge in [-0.2, -0.15) is 0 Å². The van der Waals surface area contributed by atoms with E-state index in [4.69, 9.17) is 10.6 Å². The van der Waals surface area contributed by atoms with Crippen LogP contribution in [-0.4, -0.2) is 49.7 Å². The number of amides is 1. The second-order valence-electron chi connectivity index (χ2n) is 10.9. The minimum atomic E-state index is -0.804. The lowest BCUT2D eigenvalue weighted by Crippen LogP contribution is -2.49. The van der Waals surface area contributed by atoms with Crippen LogP contribution in [0.25, 0.3) is 11.0 Å². The molecule has 1 amide bonds. The number of carbonyl (C=O) groups excluding carboxylic acids is 4. The van der Waals surface area contributed by atoms with Crippen LogP contribution < -0.4 is 15.9 Å². The van der Waals surface area contributed by atoms with E-state index in [1.807, 2.05) is 44.2 Å². The van der Waals surface area contributed by atoms with E-state index in [2.05, 4.69) is 15.6 Å². The Morgan fingerprint density at radius 2 is 1.35 bits per heavy atom.